The summed E-state index contributed by atoms with van der Waals surface area (Å²) >= 11 is 0. The number of aliphatic carboxylic acids is 1. The van der Waals surface area contributed by atoms with Crippen molar-refractivity contribution in [2.75, 3.05) is 5.32 Å². The molecule has 2 rings (SSSR count). The van der Waals surface area contributed by atoms with Crippen LogP contribution in [0, 0.1) is 18.3 Å². The average Bonchev–Trinajstić information content (AvgIpc) is 2.76. The summed E-state index contributed by atoms with van der Waals surface area (Å²) in [4.78, 5) is 11.0. The molecule has 0 bridgehead atoms. The summed E-state index contributed by atoms with van der Waals surface area (Å²) in [6.45, 7) is 1.89. The van der Waals surface area contributed by atoms with Crippen LogP contribution in [0.15, 0.2) is 18.2 Å². The van der Waals surface area contributed by atoms with E-state index < -0.39 is 5.97 Å². The Morgan fingerprint density at radius 1 is 1.47 bits per heavy atom. The summed E-state index contributed by atoms with van der Waals surface area (Å²) in [5.74, 6) is -0.764. The molecular weight excluding hydrogens is 240 g/mol. The first-order valence-electron chi connectivity index (χ1n) is 6.55. The smallest absolute Gasteiger partial charge is 0.305 e. The van der Waals surface area contributed by atoms with Crippen molar-refractivity contribution in [3.8, 4) is 6.07 Å². The quantitative estimate of drug-likeness (QED) is 0.870. The van der Waals surface area contributed by atoms with Gasteiger partial charge in [-0.2, -0.15) is 5.26 Å². The third-order valence-corrected chi connectivity index (χ3v) is 3.81. The molecule has 0 atom stereocenters. The van der Waals surface area contributed by atoms with E-state index in [4.69, 9.17) is 10.4 Å². The molecule has 1 aliphatic rings. The van der Waals surface area contributed by atoms with Crippen molar-refractivity contribution in [2.24, 2.45) is 0 Å². The third-order valence-electron chi connectivity index (χ3n) is 3.81. The fourth-order valence-corrected chi connectivity index (χ4v) is 2.86. The Bertz CT molecular complexity index is 525. The van der Waals surface area contributed by atoms with Gasteiger partial charge < -0.3 is 10.4 Å². The van der Waals surface area contributed by atoms with Gasteiger partial charge in [-0.25, -0.2) is 0 Å². The number of nitrogens with zero attached hydrogens (tertiary/aromatic N) is 1. The fraction of sp³-hybridized carbons (Fsp3) is 0.467. The third kappa shape index (κ3) is 3.05. The van der Waals surface area contributed by atoms with Gasteiger partial charge in [-0.05, 0) is 43.5 Å². The number of hydrogen-bond donors (Lipinski definition) is 2. The van der Waals surface area contributed by atoms with Crippen LogP contribution in [0.2, 0.25) is 0 Å². The maximum Gasteiger partial charge on any atom is 0.305 e. The number of nitriles is 1. The molecule has 1 aromatic carbocycles. The van der Waals surface area contributed by atoms with Crippen LogP contribution in [0.5, 0.6) is 0 Å². The maximum absolute atomic E-state index is 11.0. The zero-order valence-corrected chi connectivity index (χ0v) is 11.1. The molecule has 1 saturated carbocycles. The summed E-state index contributed by atoms with van der Waals surface area (Å²) < 4.78 is 0. The van der Waals surface area contributed by atoms with E-state index in [9.17, 15) is 4.79 Å². The Balaban J connectivity index is 2.20. The minimum absolute atomic E-state index is 0.145. The van der Waals surface area contributed by atoms with Crippen molar-refractivity contribution in [1.82, 2.24) is 0 Å². The predicted octanol–water partition coefficient (Wildman–Crippen LogP) is 3.07. The monoisotopic (exact) mass is 258 g/mol. The van der Waals surface area contributed by atoms with E-state index in [-0.39, 0.29) is 12.0 Å². The molecular formula is C15H18N2O2. The van der Waals surface area contributed by atoms with Crippen molar-refractivity contribution in [3.63, 3.8) is 0 Å². The maximum atomic E-state index is 11.0. The van der Waals surface area contributed by atoms with Gasteiger partial charge in [-0.1, -0.05) is 12.8 Å². The van der Waals surface area contributed by atoms with Crippen LogP contribution in [0.4, 0.5) is 5.69 Å². The Morgan fingerprint density at radius 3 is 2.68 bits per heavy atom. The first-order valence-corrected chi connectivity index (χ1v) is 6.55. The molecule has 1 aromatic rings. The number of rotatable bonds is 4. The van der Waals surface area contributed by atoms with Gasteiger partial charge in [-0.3, -0.25) is 4.79 Å². The number of carboxylic acid groups (broad SMARTS) is 1. The second-order valence-electron chi connectivity index (χ2n) is 5.32. The van der Waals surface area contributed by atoms with E-state index in [2.05, 4.69) is 11.4 Å². The predicted molar refractivity (Wildman–Crippen MR) is 73.0 cm³/mol. The molecule has 4 nitrogen and oxygen atoms in total. The number of carboxylic acids is 1. The number of hydrogen-bond acceptors (Lipinski definition) is 3. The van der Waals surface area contributed by atoms with E-state index in [0.717, 1.165) is 36.9 Å². The summed E-state index contributed by atoms with van der Waals surface area (Å²) in [5, 5.41) is 21.4. The lowest BCUT2D eigenvalue weighted by atomic mass is 9.92. The number of aryl methyl sites for hydroxylation is 1. The molecule has 0 aromatic heterocycles. The van der Waals surface area contributed by atoms with E-state index in [1.54, 1.807) is 6.07 Å². The molecule has 0 heterocycles. The van der Waals surface area contributed by atoms with Crippen molar-refractivity contribution < 1.29 is 9.90 Å². The lowest BCUT2D eigenvalue weighted by molar-refractivity contribution is -0.138. The van der Waals surface area contributed by atoms with Gasteiger partial charge >= 0.3 is 5.97 Å². The van der Waals surface area contributed by atoms with Crippen LogP contribution in [0.25, 0.3) is 0 Å². The second kappa shape index (κ2) is 5.31. The lowest BCUT2D eigenvalue weighted by Crippen LogP contribution is -2.37. The first-order chi connectivity index (χ1) is 9.04. The highest BCUT2D eigenvalue weighted by Crippen LogP contribution is 2.36. The van der Waals surface area contributed by atoms with Crippen LogP contribution in [-0.4, -0.2) is 16.6 Å². The Morgan fingerprint density at radius 2 is 2.16 bits per heavy atom. The standard InChI is InChI=1S/C15H18N2O2/c1-11-8-13(5-4-12(11)10-16)17-15(9-14(18)19)6-2-3-7-15/h4-5,8,17H,2-3,6-7,9H2,1H3,(H,18,19). The number of nitrogens with one attached hydrogen (secondary N) is 1. The minimum Gasteiger partial charge on any atom is -0.481 e. The summed E-state index contributed by atoms with van der Waals surface area (Å²) in [6, 6.07) is 7.69. The highest BCUT2D eigenvalue weighted by molar-refractivity contribution is 5.70. The fourth-order valence-electron chi connectivity index (χ4n) is 2.86. The van der Waals surface area contributed by atoms with Crippen LogP contribution in [-0.2, 0) is 4.79 Å². The van der Waals surface area contributed by atoms with Gasteiger partial charge in [0.15, 0.2) is 0 Å². The topological polar surface area (TPSA) is 73.1 Å². The summed E-state index contributed by atoms with van der Waals surface area (Å²) in [6.07, 6.45) is 4.05. The Hall–Kier alpha value is -2.02. The van der Waals surface area contributed by atoms with E-state index in [0.29, 0.717) is 5.56 Å². The van der Waals surface area contributed by atoms with Crippen LogP contribution in [0.1, 0.15) is 43.2 Å². The molecule has 2 N–H and O–H groups in total. The molecule has 19 heavy (non-hydrogen) atoms. The van der Waals surface area contributed by atoms with Crippen LogP contribution < -0.4 is 5.32 Å². The minimum atomic E-state index is -0.764. The molecule has 0 saturated heterocycles. The van der Waals surface area contributed by atoms with E-state index in [1.165, 1.54) is 0 Å². The van der Waals surface area contributed by atoms with Crippen LogP contribution in [0.3, 0.4) is 0 Å². The van der Waals surface area contributed by atoms with Gasteiger partial charge in [0.2, 0.25) is 0 Å². The zero-order valence-electron chi connectivity index (χ0n) is 11.1. The van der Waals surface area contributed by atoms with Gasteiger partial charge in [0.05, 0.1) is 18.1 Å². The first kappa shape index (κ1) is 13.4. The number of carbonyl (C=O) groups is 1. The average molecular weight is 258 g/mol. The number of anilines is 1. The SMILES string of the molecule is Cc1cc(NC2(CC(=O)O)CCCC2)ccc1C#N. The largest absolute Gasteiger partial charge is 0.481 e. The summed E-state index contributed by atoms with van der Waals surface area (Å²) in [7, 11) is 0. The van der Waals surface area contributed by atoms with Crippen molar-refractivity contribution in [1.29, 1.82) is 5.26 Å². The molecule has 0 amide bonds. The van der Waals surface area contributed by atoms with Crippen LogP contribution >= 0.6 is 0 Å². The molecule has 0 unspecified atom stereocenters. The van der Waals surface area contributed by atoms with E-state index in [1.807, 2.05) is 19.1 Å². The van der Waals surface area contributed by atoms with Gasteiger partial charge in [0.1, 0.15) is 0 Å². The highest BCUT2D eigenvalue weighted by atomic mass is 16.4. The molecule has 4 heteroatoms. The Labute approximate surface area is 113 Å². The zero-order chi connectivity index (χ0) is 13.9. The molecule has 0 aliphatic heterocycles. The second-order valence-corrected chi connectivity index (χ2v) is 5.32. The summed E-state index contributed by atoms with van der Waals surface area (Å²) in [5.41, 5.74) is 2.15. The van der Waals surface area contributed by atoms with Gasteiger partial charge in [-0.15, -0.1) is 0 Å². The van der Waals surface area contributed by atoms with Crippen molar-refractivity contribution in [3.05, 3.63) is 29.3 Å². The van der Waals surface area contributed by atoms with Gasteiger partial charge in [0.25, 0.3) is 0 Å². The number of benzene rings is 1. The van der Waals surface area contributed by atoms with Crippen molar-refractivity contribution in [2.45, 2.75) is 44.6 Å². The van der Waals surface area contributed by atoms with Crippen molar-refractivity contribution >= 4 is 11.7 Å². The molecule has 0 radical (unpaired) electrons. The Kier molecular flexibility index (Phi) is 3.75. The molecule has 100 valence electrons. The van der Waals surface area contributed by atoms with E-state index >= 15 is 0 Å². The molecule has 1 aliphatic carbocycles. The normalized spacial score (nSPS) is 16.8. The molecule has 1 fully saturated rings. The molecule has 0 spiro atoms. The van der Waals surface area contributed by atoms with Gasteiger partial charge in [0, 0.05) is 11.2 Å². The lowest BCUT2D eigenvalue weighted by Gasteiger charge is -2.30. The highest BCUT2D eigenvalue weighted by Gasteiger charge is 2.35.